The summed E-state index contributed by atoms with van der Waals surface area (Å²) >= 11 is 0. The molecule has 0 bridgehead atoms. The normalized spacial score (nSPS) is 14.6. The topological polar surface area (TPSA) is 41.6 Å². The Balaban J connectivity index is 1.61. The van der Waals surface area contributed by atoms with Crippen LogP contribution in [0.15, 0.2) is 30.3 Å². The summed E-state index contributed by atoms with van der Waals surface area (Å²) in [6.07, 6.45) is 2.26. The second kappa shape index (κ2) is 5.80. The quantitative estimate of drug-likeness (QED) is 0.596. The van der Waals surface area contributed by atoms with Crippen LogP contribution in [0.5, 0.6) is 0 Å². The second-order valence-electron chi connectivity index (χ2n) is 4.33. The zero-order chi connectivity index (χ0) is 12.1. The number of carbonyl (C=O) groups is 1. The van der Waals surface area contributed by atoms with Gasteiger partial charge in [-0.3, -0.25) is 9.63 Å². The molecule has 4 nitrogen and oxygen atoms in total. The average molecular weight is 234 g/mol. The van der Waals surface area contributed by atoms with E-state index in [1.807, 2.05) is 37.4 Å². The fourth-order valence-corrected chi connectivity index (χ4v) is 1.61. The Morgan fingerprint density at radius 2 is 2.12 bits per heavy atom. The molecule has 1 aliphatic carbocycles. The summed E-state index contributed by atoms with van der Waals surface area (Å²) in [5.41, 5.74) is 3.79. The smallest absolute Gasteiger partial charge is 0.238 e. The van der Waals surface area contributed by atoms with Gasteiger partial charge in [-0.25, -0.2) is 0 Å². The number of amides is 1. The van der Waals surface area contributed by atoms with Crippen LogP contribution in [0.25, 0.3) is 0 Å². The third kappa shape index (κ3) is 3.84. The minimum absolute atomic E-state index is 0.0839. The Bertz CT molecular complexity index is 363. The molecule has 1 aromatic rings. The van der Waals surface area contributed by atoms with Crippen LogP contribution in [0.3, 0.4) is 0 Å². The Morgan fingerprint density at radius 1 is 1.41 bits per heavy atom. The number of rotatable bonds is 6. The largest absolute Gasteiger partial charge is 0.342 e. The van der Waals surface area contributed by atoms with E-state index in [0.717, 1.165) is 18.4 Å². The second-order valence-corrected chi connectivity index (χ2v) is 4.33. The van der Waals surface area contributed by atoms with Gasteiger partial charge in [0.25, 0.3) is 0 Å². The van der Waals surface area contributed by atoms with Crippen molar-refractivity contribution >= 4 is 5.91 Å². The van der Waals surface area contributed by atoms with Crippen molar-refractivity contribution in [3.63, 3.8) is 0 Å². The summed E-state index contributed by atoms with van der Waals surface area (Å²) in [7, 11) is 1.85. The number of likely N-dealkylation sites (N-methyl/N-ethyl adjacent to an activating group) is 1. The van der Waals surface area contributed by atoms with Gasteiger partial charge in [0.1, 0.15) is 6.54 Å². The number of benzene rings is 1. The first-order valence-electron chi connectivity index (χ1n) is 5.91. The average Bonchev–Trinajstić information content (AvgIpc) is 3.19. The molecule has 0 spiro atoms. The summed E-state index contributed by atoms with van der Waals surface area (Å²) in [6.45, 7) is 0.709. The van der Waals surface area contributed by atoms with Crippen LogP contribution < -0.4 is 5.48 Å². The third-order valence-corrected chi connectivity index (χ3v) is 2.90. The minimum atomic E-state index is 0.0839. The predicted molar refractivity (Wildman–Crippen MR) is 65.0 cm³/mol. The predicted octanol–water partition coefficient (Wildman–Crippen LogP) is 1.33. The lowest BCUT2D eigenvalue weighted by molar-refractivity contribution is -0.132. The van der Waals surface area contributed by atoms with Crippen LogP contribution in [0, 0.1) is 0 Å². The Labute approximate surface area is 102 Å². The molecule has 1 saturated carbocycles. The number of carbonyl (C=O) groups excluding carboxylic acids is 1. The Kier molecular flexibility index (Phi) is 4.12. The first-order valence-corrected chi connectivity index (χ1v) is 5.91. The van der Waals surface area contributed by atoms with Crippen LogP contribution in [-0.2, 0) is 16.2 Å². The van der Waals surface area contributed by atoms with Crippen LogP contribution in [0.1, 0.15) is 18.4 Å². The summed E-state index contributed by atoms with van der Waals surface area (Å²) in [6, 6.07) is 10.3. The molecule has 1 amide bonds. The third-order valence-electron chi connectivity index (χ3n) is 2.90. The van der Waals surface area contributed by atoms with E-state index in [-0.39, 0.29) is 12.5 Å². The van der Waals surface area contributed by atoms with E-state index >= 15 is 0 Å². The van der Waals surface area contributed by atoms with Gasteiger partial charge in [0.05, 0.1) is 6.61 Å². The van der Waals surface area contributed by atoms with Gasteiger partial charge < -0.3 is 4.90 Å². The molecular formula is C13H18N2O2. The van der Waals surface area contributed by atoms with E-state index in [2.05, 4.69) is 5.48 Å². The van der Waals surface area contributed by atoms with Gasteiger partial charge in [0, 0.05) is 13.1 Å². The first-order chi connectivity index (χ1) is 8.27. The number of hydrogen-bond donors (Lipinski definition) is 1. The molecule has 1 fully saturated rings. The molecule has 0 unspecified atom stereocenters. The highest BCUT2D eigenvalue weighted by molar-refractivity contribution is 5.78. The lowest BCUT2D eigenvalue weighted by Gasteiger charge is -2.16. The molecular weight excluding hydrogens is 216 g/mol. The minimum Gasteiger partial charge on any atom is -0.342 e. The van der Waals surface area contributed by atoms with Crippen molar-refractivity contribution in [3.8, 4) is 0 Å². The van der Waals surface area contributed by atoms with Crippen LogP contribution in [0.4, 0.5) is 0 Å². The van der Waals surface area contributed by atoms with Crippen molar-refractivity contribution in [3.05, 3.63) is 35.9 Å². The van der Waals surface area contributed by atoms with Gasteiger partial charge in [-0.2, -0.15) is 5.48 Å². The summed E-state index contributed by atoms with van der Waals surface area (Å²) in [5, 5.41) is 0. The lowest BCUT2D eigenvalue weighted by Crippen LogP contribution is -2.36. The maximum Gasteiger partial charge on any atom is 0.238 e. The zero-order valence-corrected chi connectivity index (χ0v) is 10.1. The molecule has 92 valence electrons. The molecule has 2 rings (SSSR count). The van der Waals surface area contributed by atoms with E-state index in [1.54, 1.807) is 4.90 Å². The molecule has 4 heteroatoms. The Hall–Kier alpha value is -1.39. The molecule has 1 aliphatic rings. The van der Waals surface area contributed by atoms with E-state index in [9.17, 15) is 4.79 Å². The van der Waals surface area contributed by atoms with Crippen molar-refractivity contribution < 1.29 is 9.63 Å². The van der Waals surface area contributed by atoms with Gasteiger partial charge in [-0.15, -0.1) is 0 Å². The molecule has 0 aliphatic heterocycles. The maximum absolute atomic E-state index is 11.6. The van der Waals surface area contributed by atoms with Gasteiger partial charge in [0.15, 0.2) is 0 Å². The van der Waals surface area contributed by atoms with E-state index < -0.39 is 0 Å². The zero-order valence-electron chi connectivity index (χ0n) is 10.1. The van der Waals surface area contributed by atoms with Gasteiger partial charge in [0.2, 0.25) is 5.91 Å². The summed E-state index contributed by atoms with van der Waals surface area (Å²) in [5.74, 6) is 0.0839. The first kappa shape index (κ1) is 12.1. The van der Waals surface area contributed by atoms with Crippen LogP contribution in [0.2, 0.25) is 0 Å². The molecule has 0 atom stereocenters. The summed E-state index contributed by atoms with van der Waals surface area (Å²) < 4.78 is 0. The fourth-order valence-electron chi connectivity index (χ4n) is 1.61. The summed E-state index contributed by atoms with van der Waals surface area (Å²) in [4.78, 5) is 18.7. The maximum atomic E-state index is 11.6. The van der Waals surface area contributed by atoms with Crippen molar-refractivity contribution in [2.45, 2.75) is 25.5 Å². The molecule has 17 heavy (non-hydrogen) atoms. The molecule has 0 saturated heterocycles. The van der Waals surface area contributed by atoms with Gasteiger partial charge in [-0.05, 0) is 18.4 Å². The van der Waals surface area contributed by atoms with Crippen molar-refractivity contribution in [2.75, 3.05) is 13.6 Å². The number of hydrogen-bond acceptors (Lipinski definition) is 3. The number of hydroxylamine groups is 1. The van der Waals surface area contributed by atoms with E-state index in [0.29, 0.717) is 12.6 Å². The highest BCUT2D eigenvalue weighted by atomic mass is 16.6. The van der Waals surface area contributed by atoms with Crippen LogP contribution in [-0.4, -0.2) is 30.4 Å². The highest BCUT2D eigenvalue weighted by Gasteiger charge is 2.29. The molecule has 0 aromatic heterocycles. The molecule has 1 aromatic carbocycles. The van der Waals surface area contributed by atoms with E-state index in [4.69, 9.17) is 4.84 Å². The molecule has 1 N–H and O–H groups in total. The fraction of sp³-hybridized carbons (Fsp3) is 0.462. The van der Waals surface area contributed by atoms with E-state index in [1.165, 1.54) is 0 Å². The standard InChI is InChI=1S/C13H18N2O2/c1-15(12-7-8-12)13(16)9-14-17-10-11-5-3-2-4-6-11/h2-6,12,14H,7-10H2,1H3. The highest BCUT2D eigenvalue weighted by Crippen LogP contribution is 2.24. The SMILES string of the molecule is CN(C(=O)CNOCc1ccccc1)C1CC1. The Morgan fingerprint density at radius 3 is 2.76 bits per heavy atom. The van der Waals surface area contributed by atoms with Crippen molar-refractivity contribution in [2.24, 2.45) is 0 Å². The monoisotopic (exact) mass is 234 g/mol. The number of nitrogens with zero attached hydrogens (tertiary/aromatic N) is 1. The molecule has 0 heterocycles. The van der Waals surface area contributed by atoms with Crippen molar-refractivity contribution in [1.29, 1.82) is 0 Å². The van der Waals surface area contributed by atoms with Crippen molar-refractivity contribution in [1.82, 2.24) is 10.4 Å². The number of nitrogens with one attached hydrogen (secondary N) is 1. The lowest BCUT2D eigenvalue weighted by atomic mass is 10.2. The van der Waals surface area contributed by atoms with Gasteiger partial charge >= 0.3 is 0 Å². The van der Waals surface area contributed by atoms with Gasteiger partial charge in [-0.1, -0.05) is 30.3 Å². The van der Waals surface area contributed by atoms with Crippen LogP contribution >= 0.6 is 0 Å². The molecule has 0 radical (unpaired) electrons.